The highest BCUT2D eigenvalue weighted by molar-refractivity contribution is 7.18. The van der Waals surface area contributed by atoms with Crippen molar-refractivity contribution < 1.29 is 19.4 Å². The Balaban J connectivity index is 1.81. The fourth-order valence-electron chi connectivity index (χ4n) is 2.40. The molecule has 0 fully saturated rings. The van der Waals surface area contributed by atoms with Gasteiger partial charge in [-0.05, 0) is 35.4 Å². The number of rotatable bonds is 6. The van der Waals surface area contributed by atoms with Crippen LogP contribution in [0.3, 0.4) is 0 Å². The van der Waals surface area contributed by atoms with Crippen LogP contribution < -0.4 is 10.1 Å². The largest absolute Gasteiger partial charge is 0.497 e. The third kappa shape index (κ3) is 4.13. The number of carboxylic acids is 1. The summed E-state index contributed by atoms with van der Waals surface area (Å²) in [5, 5.41) is 11.6. The Morgan fingerprint density at radius 3 is 2.76 bits per heavy atom. The molecule has 2 aromatic carbocycles. The number of carboxylic acid groups (broad SMARTS) is 1. The number of carbonyl (C=O) groups is 2. The van der Waals surface area contributed by atoms with Gasteiger partial charge in [-0.3, -0.25) is 9.59 Å². The van der Waals surface area contributed by atoms with Crippen LogP contribution in [0.2, 0.25) is 0 Å². The maximum absolute atomic E-state index is 11.7. The van der Waals surface area contributed by atoms with Gasteiger partial charge in [0.05, 0.1) is 23.7 Å². The Morgan fingerprint density at radius 1 is 1.20 bits per heavy atom. The molecule has 0 aliphatic rings. The van der Waals surface area contributed by atoms with Crippen LogP contribution in [0.5, 0.6) is 5.75 Å². The molecule has 0 spiro atoms. The van der Waals surface area contributed by atoms with E-state index in [-0.39, 0.29) is 18.9 Å². The van der Waals surface area contributed by atoms with Gasteiger partial charge in [0, 0.05) is 0 Å². The predicted molar refractivity (Wildman–Crippen MR) is 96.0 cm³/mol. The predicted octanol–water partition coefficient (Wildman–Crippen LogP) is 2.72. The Labute approximate surface area is 148 Å². The second-order valence-corrected chi connectivity index (χ2v) is 6.48. The molecule has 0 radical (unpaired) electrons. The van der Waals surface area contributed by atoms with Gasteiger partial charge in [-0.1, -0.05) is 18.2 Å². The molecule has 3 rings (SSSR count). The average molecular weight is 356 g/mol. The van der Waals surface area contributed by atoms with Gasteiger partial charge in [0.1, 0.15) is 17.3 Å². The highest BCUT2D eigenvalue weighted by Crippen LogP contribution is 2.30. The Kier molecular flexibility index (Phi) is 4.95. The molecule has 1 amide bonds. The summed E-state index contributed by atoms with van der Waals surface area (Å²) in [7, 11) is 1.63. The van der Waals surface area contributed by atoms with E-state index in [1.165, 1.54) is 11.3 Å². The van der Waals surface area contributed by atoms with E-state index in [4.69, 9.17) is 9.84 Å². The van der Waals surface area contributed by atoms with Gasteiger partial charge in [-0.25, -0.2) is 4.98 Å². The SMILES string of the molecule is COc1cccc(-c2ccc3nc(CC(=O)NCC(=O)O)sc3c2)c1. The number of nitrogens with one attached hydrogen (secondary N) is 1. The van der Waals surface area contributed by atoms with E-state index in [0.717, 1.165) is 27.1 Å². The van der Waals surface area contributed by atoms with Crippen LogP contribution in [0.25, 0.3) is 21.3 Å². The summed E-state index contributed by atoms with van der Waals surface area (Å²) in [6.45, 7) is -0.385. The number of methoxy groups -OCH3 is 1. The van der Waals surface area contributed by atoms with Crippen LogP contribution >= 0.6 is 11.3 Å². The first-order chi connectivity index (χ1) is 12.0. The first kappa shape index (κ1) is 16.9. The van der Waals surface area contributed by atoms with Gasteiger partial charge in [-0.2, -0.15) is 0 Å². The second-order valence-electron chi connectivity index (χ2n) is 5.37. The molecule has 1 heterocycles. The lowest BCUT2D eigenvalue weighted by Crippen LogP contribution is -2.30. The molecular formula is C18H16N2O4S. The Bertz CT molecular complexity index is 936. The van der Waals surface area contributed by atoms with E-state index >= 15 is 0 Å². The molecule has 0 saturated heterocycles. The molecule has 0 atom stereocenters. The fraction of sp³-hybridized carbons (Fsp3) is 0.167. The Morgan fingerprint density at radius 2 is 2.00 bits per heavy atom. The summed E-state index contributed by atoms with van der Waals surface area (Å²) in [4.78, 5) is 26.6. The number of nitrogens with zero attached hydrogens (tertiary/aromatic N) is 1. The van der Waals surface area contributed by atoms with Gasteiger partial charge in [-0.15, -0.1) is 11.3 Å². The molecule has 7 heteroatoms. The number of carbonyl (C=O) groups excluding carboxylic acids is 1. The number of hydrogen-bond donors (Lipinski definition) is 2. The lowest BCUT2D eigenvalue weighted by Gasteiger charge is -2.04. The third-order valence-electron chi connectivity index (χ3n) is 3.58. The maximum atomic E-state index is 11.7. The summed E-state index contributed by atoms with van der Waals surface area (Å²) in [5.41, 5.74) is 2.89. The van der Waals surface area contributed by atoms with Gasteiger partial charge in [0.15, 0.2) is 0 Å². The van der Waals surface area contributed by atoms with E-state index in [0.29, 0.717) is 5.01 Å². The zero-order valence-electron chi connectivity index (χ0n) is 13.5. The van der Waals surface area contributed by atoms with Crippen molar-refractivity contribution in [3.8, 4) is 16.9 Å². The van der Waals surface area contributed by atoms with Crippen molar-refractivity contribution in [1.29, 1.82) is 0 Å². The standard InChI is InChI=1S/C18H16N2O4S/c1-24-13-4-2-3-11(7-13)12-5-6-14-15(8-12)25-17(20-14)9-16(21)19-10-18(22)23/h2-8H,9-10H2,1H3,(H,19,21)(H,22,23). The average Bonchev–Trinajstić information content (AvgIpc) is 3.01. The topological polar surface area (TPSA) is 88.5 Å². The highest BCUT2D eigenvalue weighted by atomic mass is 32.1. The number of hydrogen-bond acceptors (Lipinski definition) is 5. The zero-order valence-corrected chi connectivity index (χ0v) is 14.3. The molecule has 128 valence electrons. The fourth-order valence-corrected chi connectivity index (χ4v) is 3.41. The van der Waals surface area contributed by atoms with Crippen molar-refractivity contribution in [2.45, 2.75) is 6.42 Å². The van der Waals surface area contributed by atoms with Crippen molar-refractivity contribution in [3.05, 3.63) is 47.5 Å². The quantitative estimate of drug-likeness (QED) is 0.709. The lowest BCUT2D eigenvalue weighted by molar-refractivity contribution is -0.137. The van der Waals surface area contributed by atoms with Crippen LogP contribution in [0.15, 0.2) is 42.5 Å². The molecule has 25 heavy (non-hydrogen) atoms. The molecule has 3 aromatic rings. The molecule has 0 aliphatic carbocycles. The van der Waals surface area contributed by atoms with Crippen molar-refractivity contribution in [3.63, 3.8) is 0 Å². The minimum Gasteiger partial charge on any atom is -0.497 e. The number of benzene rings is 2. The molecule has 6 nitrogen and oxygen atoms in total. The summed E-state index contributed by atoms with van der Waals surface area (Å²) in [6.07, 6.45) is 0.0706. The number of aliphatic carboxylic acids is 1. The number of aromatic nitrogens is 1. The number of ether oxygens (including phenoxy) is 1. The lowest BCUT2D eigenvalue weighted by atomic mass is 10.1. The van der Waals surface area contributed by atoms with Crippen LogP contribution in [0.1, 0.15) is 5.01 Å². The van der Waals surface area contributed by atoms with Crippen LogP contribution in [0.4, 0.5) is 0 Å². The second kappa shape index (κ2) is 7.31. The van der Waals surface area contributed by atoms with Gasteiger partial charge in [0.2, 0.25) is 5.91 Å². The summed E-state index contributed by atoms with van der Waals surface area (Å²) < 4.78 is 6.23. The van der Waals surface area contributed by atoms with Gasteiger partial charge >= 0.3 is 5.97 Å². The van der Waals surface area contributed by atoms with E-state index in [9.17, 15) is 9.59 Å². The van der Waals surface area contributed by atoms with Crippen molar-refractivity contribution in [1.82, 2.24) is 10.3 Å². The van der Waals surface area contributed by atoms with Crippen molar-refractivity contribution >= 4 is 33.4 Å². The van der Waals surface area contributed by atoms with Crippen molar-refractivity contribution in [2.24, 2.45) is 0 Å². The zero-order chi connectivity index (χ0) is 17.8. The monoisotopic (exact) mass is 356 g/mol. The third-order valence-corrected chi connectivity index (χ3v) is 4.60. The Hall–Kier alpha value is -2.93. The number of fused-ring (bicyclic) bond motifs is 1. The maximum Gasteiger partial charge on any atom is 0.322 e. The number of thiazole rings is 1. The van der Waals surface area contributed by atoms with Crippen LogP contribution in [-0.2, 0) is 16.0 Å². The normalized spacial score (nSPS) is 10.6. The molecule has 0 saturated carbocycles. The first-order valence-corrected chi connectivity index (χ1v) is 8.39. The molecule has 0 aliphatic heterocycles. The highest BCUT2D eigenvalue weighted by Gasteiger charge is 2.11. The van der Waals surface area contributed by atoms with Gasteiger partial charge in [0.25, 0.3) is 0 Å². The molecule has 0 bridgehead atoms. The molecule has 1 aromatic heterocycles. The molecule has 2 N–H and O–H groups in total. The summed E-state index contributed by atoms with van der Waals surface area (Å²) >= 11 is 1.43. The van der Waals surface area contributed by atoms with E-state index in [1.807, 2.05) is 42.5 Å². The van der Waals surface area contributed by atoms with Crippen LogP contribution in [0, 0.1) is 0 Å². The van der Waals surface area contributed by atoms with Crippen LogP contribution in [-0.4, -0.2) is 35.6 Å². The van der Waals surface area contributed by atoms with Gasteiger partial charge < -0.3 is 15.2 Å². The summed E-state index contributed by atoms with van der Waals surface area (Å²) in [6, 6.07) is 13.7. The van der Waals surface area contributed by atoms with E-state index < -0.39 is 5.97 Å². The minimum atomic E-state index is -1.07. The minimum absolute atomic E-state index is 0.0706. The molecular weight excluding hydrogens is 340 g/mol. The first-order valence-electron chi connectivity index (χ1n) is 7.57. The number of amides is 1. The molecule has 0 unspecified atom stereocenters. The summed E-state index contributed by atoms with van der Waals surface area (Å²) in [5.74, 6) is -0.632. The van der Waals surface area contributed by atoms with Crippen molar-refractivity contribution in [2.75, 3.05) is 13.7 Å². The van der Waals surface area contributed by atoms with E-state index in [1.54, 1.807) is 7.11 Å². The van der Waals surface area contributed by atoms with E-state index in [2.05, 4.69) is 10.3 Å². The smallest absolute Gasteiger partial charge is 0.322 e.